The third-order valence-electron chi connectivity index (χ3n) is 3.65. The molecule has 0 aromatic carbocycles. The van der Waals surface area contributed by atoms with E-state index in [4.69, 9.17) is 10.5 Å². The Morgan fingerprint density at radius 2 is 1.94 bits per heavy atom. The summed E-state index contributed by atoms with van der Waals surface area (Å²) in [5.74, 6) is 1.85. The molecule has 0 saturated heterocycles. The van der Waals surface area contributed by atoms with Crippen molar-refractivity contribution < 1.29 is 4.74 Å². The zero-order valence-corrected chi connectivity index (χ0v) is 13.1. The van der Waals surface area contributed by atoms with Crippen LogP contribution in [-0.4, -0.2) is 17.1 Å². The van der Waals surface area contributed by atoms with Gasteiger partial charge in [0.25, 0.3) is 0 Å². The van der Waals surface area contributed by atoms with Crippen molar-refractivity contribution in [1.82, 2.24) is 9.97 Å². The summed E-state index contributed by atoms with van der Waals surface area (Å²) in [4.78, 5) is 8.97. The number of aryl methyl sites for hydroxylation is 1. The van der Waals surface area contributed by atoms with Crippen molar-refractivity contribution in [2.45, 2.75) is 45.1 Å². The predicted octanol–water partition coefficient (Wildman–Crippen LogP) is 3.24. The van der Waals surface area contributed by atoms with Crippen LogP contribution in [0.3, 0.4) is 0 Å². The highest BCUT2D eigenvalue weighted by atomic mass is 127. The number of nitrogens with zero attached hydrogens (tertiary/aromatic N) is 2. The third kappa shape index (κ3) is 2.93. The molecular weight excluding hydrogens is 341 g/mol. The van der Waals surface area contributed by atoms with Gasteiger partial charge in [0.05, 0.1) is 9.26 Å². The van der Waals surface area contributed by atoms with E-state index in [9.17, 15) is 0 Å². The molecule has 0 spiro atoms. The summed E-state index contributed by atoms with van der Waals surface area (Å²) < 4.78 is 6.58. The first-order chi connectivity index (χ1) is 8.63. The predicted molar refractivity (Wildman–Crippen MR) is 80.2 cm³/mol. The van der Waals surface area contributed by atoms with Crippen molar-refractivity contribution >= 4 is 28.4 Å². The fourth-order valence-electron chi connectivity index (χ4n) is 2.68. The average molecular weight is 361 g/mol. The molecule has 1 saturated carbocycles. The summed E-state index contributed by atoms with van der Waals surface area (Å²) in [5, 5.41) is 0. The maximum Gasteiger partial charge on any atom is 0.160 e. The molecule has 0 amide bonds. The molecule has 2 rings (SSSR count). The van der Waals surface area contributed by atoms with Crippen LogP contribution in [0.25, 0.3) is 0 Å². The van der Waals surface area contributed by atoms with Gasteiger partial charge in [-0.2, -0.15) is 0 Å². The highest BCUT2D eigenvalue weighted by Gasteiger charge is 2.27. The summed E-state index contributed by atoms with van der Waals surface area (Å²) >= 11 is 2.18. The van der Waals surface area contributed by atoms with Crippen LogP contribution in [0, 0.1) is 16.4 Å². The number of halogens is 1. The first kappa shape index (κ1) is 14.0. The molecular formula is C13H20IN3O. The van der Waals surface area contributed by atoms with Crippen molar-refractivity contribution in [1.29, 1.82) is 0 Å². The second kappa shape index (κ2) is 6.14. The van der Waals surface area contributed by atoms with E-state index in [0.29, 0.717) is 11.7 Å². The number of nitrogen functional groups attached to an aromatic ring is 1. The highest BCUT2D eigenvalue weighted by Crippen LogP contribution is 2.35. The normalized spacial score (nSPS) is 18.8. The lowest BCUT2D eigenvalue weighted by atomic mass is 9.85. The number of anilines is 1. The summed E-state index contributed by atoms with van der Waals surface area (Å²) in [7, 11) is 1.74. The standard InChI is InChI=1S/C13H20IN3O/c1-8-10(14)12(15)17-13(16-8)11(18-2)9-6-4-3-5-7-9/h9,11H,3-7H2,1-2H3,(H2,15,16,17). The Labute approximate surface area is 122 Å². The molecule has 5 heteroatoms. The molecule has 4 nitrogen and oxygen atoms in total. The fourth-order valence-corrected chi connectivity index (χ4v) is 2.92. The molecule has 0 radical (unpaired) electrons. The van der Waals surface area contributed by atoms with Gasteiger partial charge in [0, 0.05) is 7.11 Å². The molecule has 0 aliphatic heterocycles. The van der Waals surface area contributed by atoms with Gasteiger partial charge < -0.3 is 10.5 Å². The Kier molecular flexibility index (Phi) is 4.77. The molecule has 1 aromatic heterocycles. The minimum absolute atomic E-state index is 0.0108. The minimum Gasteiger partial charge on any atom is -0.383 e. The first-order valence-corrected chi connectivity index (χ1v) is 7.53. The number of aromatic nitrogens is 2. The van der Waals surface area contributed by atoms with E-state index in [1.807, 2.05) is 6.92 Å². The zero-order chi connectivity index (χ0) is 13.1. The summed E-state index contributed by atoms with van der Waals surface area (Å²) in [5.41, 5.74) is 6.87. The Hall–Kier alpha value is -0.430. The van der Waals surface area contributed by atoms with E-state index in [2.05, 4.69) is 32.6 Å². The van der Waals surface area contributed by atoms with E-state index in [0.717, 1.165) is 15.1 Å². The van der Waals surface area contributed by atoms with Crippen molar-refractivity contribution in [2.24, 2.45) is 5.92 Å². The Bertz CT molecular complexity index is 396. The number of hydrogen-bond donors (Lipinski definition) is 1. The molecule has 18 heavy (non-hydrogen) atoms. The van der Waals surface area contributed by atoms with Gasteiger partial charge in [-0.15, -0.1) is 0 Å². The van der Waals surface area contributed by atoms with Gasteiger partial charge >= 0.3 is 0 Å². The van der Waals surface area contributed by atoms with E-state index in [1.165, 1.54) is 32.1 Å². The van der Waals surface area contributed by atoms with Crippen LogP contribution in [-0.2, 0) is 4.74 Å². The van der Waals surface area contributed by atoms with Crippen LogP contribution in [0.4, 0.5) is 5.82 Å². The minimum atomic E-state index is -0.0108. The van der Waals surface area contributed by atoms with Crippen LogP contribution in [0.5, 0.6) is 0 Å². The first-order valence-electron chi connectivity index (χ1n) is 6.45. The van der Waals surface area contributed by atoms with E-state index >= 15 is 0 Å². The van der Waals surface area contributed by atoms with Gasteiger partial charge in [-0.1, -0.05) is 19.3 Å². The van der Waals surface area contributed by atoms with Crippen LogP contribution in [0.2, 0.25) is 0 Å². The summed E-state index contributed by atoms with van der Waals surface area (Å²) in [6, 6.07) is 0. The molecule has 1 aliphatic rings. The second-order valence-corrected chi connectivity index (χ2v) is 6.00. The van der Waals surface area contributed by atoms with E-state index in [1.54, 1.807) is 7.11 Å². The molecule has 1 aliphatic carbocycles. The Balaban J connectivity index is 2.26. The van der Waals surface area contributed by atoms with Crippen molar-refractivity contribution in [2.75, 3.05) is 12.8 Å². The molecule has 1 unspecified atom stereocenters. The molecule has 1 aromatic rings. The number of hydrogen-bond acceptors (Lipinski definition) is 4. The lowest BCUT2D eigenvalue weighted by molar-refractivity contribution is 0.0289. The largest absolute Gasteiger partial charge is 0.383 e. The lowest BCUT2D eigenvalue weighted by Crippen LogP contribution is -2.21. The molecule has 2 N–H and O–H groups in total. The zero-order valence-electron chi connectivity index (χ0n) is 10.9. The Morgan fingerprint density at radius 1 is 1.28 bits per heavy atom. The van der Waals surface area contributed by atoms with Gasteiger partial charge in [-0.05, 0) is 48.3 Å². The topological polar surface area (TPSA) is 61.0 Å². The maximum absolute atomic E-state index is 5.93. The number of ether oxygens (including phenoxy) is 1. The third-order valence-corrected chi connectivity index (χ3v) is 4.98. The van der Waals surface area contributed by atoms with Gasteiger partial charge in [-0.25, -0.2) is 9.97 Å². The molecule has 1 fully saturated rings. The number of rotatable bonds is 3. The van der Waals surface area contributed by atoms with Crippen LogP contribution < -0.4 is 5.73 Å². The van der Waals surface area contributed by atoms with E-state index in [-0.39, 0.29) is 6.10 Å². The molecule has 1 heterocycles. The summed E-state index contributed by atoms with van der Waals surface area (Å²) in [6.07, 6.45) is 6.29. The van der Waals surface area contributed by atoms with Crippen molar-refractivity contribution in [3.63, 3.8) is 0 Å². The van der Waals surface area contributed by atoms with Gasteiger partial charge in [0.15, 0.2) is 5.82 Å². The monoisotopic (exact) mass is 361 g/mol. The number of nitrogens with two attached hydrogens (primary N) is 1. The maximum atomic E-state index is 5.93. The van der Waals surface area contributed by atoms with E-state index < -0.39 is 0 Å². The molecule has 1 atom stereocenters. The smallest absolute Gasteiger partial charge is 0.160 e. The van der Waals surface area contributed by atoms with Crippen LogP contribution >= 0.6 is 22.6 Å². The lowest BCUT2D eigenvalue weighted by Gasteiger charge is -2.28. The van der Waals surface area contributed by atoms with Crippen LogP contribution in [0.1, 0.15) is 49.7 Å². The van der Waals surface area contributed by atoms with Crippen molar-refractivity contribution in [3.05, 3.63) is 15.1 Å². The SMILES string of the molecule is COC(c1nc(C)c(I)c(N)n1)C1CCCCC1. The average Bonchev–Trinajstić information content (AvgIpc) is 2.38. The number of methoxy groups -OCH3 is 1. The van der Waals surface area contributed by atoms with Gasteiger partial charge in [0.2, 0.25) is 0 Å². The Morgan fingerprint density at radius 3 is 2.50 bits per heavy atom. The second-order valence-electron chi connectivity index (χ2n) is 4.92. The van der Waals surface area contributed by atoms with Gasteiger partial charge in [0.1, 0.15) is 11.9 Å². The fraction of sp³-hybridized carbons (Fsp3) is 0.692. The summed E-state index contributed by atoms with van der Waals surface area (Å²) in [6.45, 7) is 1.97. The molecule has 0 bridgehead atoms. The van der Waals surface area contributed by atoms with Gasteiger partial charge in [-0.3, -0.25) is 0 Å². The van der Waals surface area contributed by atoms with Crippen molar-refractivity contribution in [3.8, 4) is 0 Å². The highest BCUT2D eigenvalue weighted by molar-refractivity contribution is 14.1. The van der Waals surface area contributed by atoms with Crippen LogP contribution in [0.15, 0.2) is 0 Å². The quantitative estimate of drug-likeness (QED) is 0.840. The molecule has 100 valence electrons.